The smallest absolute Gasteiger partial charge is 0.297 e. The number of nitrogens with one attached hydrogen (secondary N) is 1. The van der Waals surface area contributed by atoms with Crippen molar-refractivity contribution in [3.8, 4) is 0 Å². The summed E-state index contributed by atoms with van der Waals surface area (Å²) in [4.78, 5) is 6.41. The predicted molar refractivity (Wildman–Crippen MR) is 71.9 cm³/mol. The average Bonchev–Trinajstić information content (AvgIpc) is 2.94. The molecular formula is C14H19N3O2. The largest absolute Gasteiger partial charge is 0.464 e. The monoisotopic (exact) mass is 261 g/mol. The second-order valence-corrected chi connectivity index (χ2v) is 5.15. The highest BCUT2D eigenvalue weighted by molar-refractivity contribution is 5.26. The lowest BCUT2D eigenvalue weighted by molar-refractivity contribution is 0.469. The molecule has 2 heterocycles. The molecule has 1 fully saturated rings. The molecule has 0 spiro atoms. The number of furan rings is 1. The average molecular weight is 261 g/mol. The molecule has 1 saturated carbocycles. The number of rotatable bonds is 6. The van der Waals surface area contributed by atoms with Crippen molar-refractivity contribution in [3.63, 3.8) is 0 Å². The van der Waals surface area contributed by atoms with Crippen LogP contribution in [0.25, 0.3) is 0 Å². The fourth-order valence-corrected chi connectivity index (χ4v) is 1.96. The fourth-order valence-electron chi connectivity index (χ4n) is 1.96. The lowest BCUT2D eigenvalue weighted by Gasteiger charge is -2.11. The van der Waals surface area contributed by atoms with Crippen molar-refractivity contribution >= 4 is 6.01 Å². The number of anilines is 1. The minimum absolute atomic E-state index is 0.627. The lowest BCUT2D eigenvalue weighted by Crippen LogP contribution is -2.17. The van der Waals surface area contributed by atoms with E-state index < -0.39 is 0 Å². The molecule has 1 N–H and O–H groups in total. The van der Waals surface area contributed by atoms with E-state index in [4.69, 9.17) is 8.83 Å². The maximum Gasteiger partial charge on any atom is 0.297 e. The van der Waals surface area contributed by atoms with Crippen LogP contribution in [0.1, 0.15) is 30.1 Å². The van der Waals surface area contributed by atoms with Crippen molar-refractivity contribution in [1.29, 1.82) is 0 Å². The van der Waals surface area contributed by atoms with Crippen molar-refractivity contribution in [2.75, 3.05) is 11.9 Å². The van der Waals surface area contributed by atoms with Crippen LogP contribution < -0.4 is 10.2 Å². The molecule has 0 radical (unpaired) electrons. The number of oxazole rings is 1. The van der Waals surface area contributed by atoms with E-state index in [1.54, 1.807) is 6.26 Å². The van der Waals surface area contributed by atoms with E-state index in [9.17, 15) is 0 Å². The number of hydrogen-bond donors (Lipinski definition) is 1. The molecule has 2 aromatic rings. The van der Waals surface area contributed by atoms with Crippen molar-refractivity contribution in [3.05, 3.63) is 35.6 Å². The van der Waals surface area contributed by atoms with Crippen LogP contribution in [0.3, 0.4) is 0 Å². The van der Waals surface area contributed by atoms with Gasteiger partial charge in [0, 0.05) is 19.6 Å². The van der Waals surface area contributed by atoms with Crippen LogP contribution in [0.2, 0.25) is 0 Å². The summed E-state index contributed by atoms with van der Waals surface area (Å²) in [5.41, 5.74) is 0.948. The molecule has 102 valence electrons. The van der Waals surface area contributed by atoms with Gasteiger partial charge in [-0.05, 0) is 31.9 Å². The normalized spacial score (nSPS) is 14.8. The summed E-state index contributed by atoms with van der Waals surface area (Å²) in [5.74, 6) is 1.83. The van der Waals surface area contributed by atoms with Crippen molar-refractivity contribution in [1.82, 2.24) is 10.3 Å². The van der Waals surface area contributed by atoms with Gasteiger partial charge in [-0.15, -0.1) is 0 Å². The number of hydrogen-bond acceptors (Lipinski definition) is 5. The molecule has 0 saturated heterocycles. The lowest BCUT2D eigenvalue weighted by atomic mass is 10.4. The van der Waals surface area contributed by atoms with Gasteiger partial charge in [-0.25, -0.2) is 0 Å². The first-order chi connectivity index (χ1) is 9.20. The number of aryl methyl sites for hydroxylation is 1. The van der Waals surface area contributed by atoms with E-state index in [0.29, 0.717) is 18.6 Å². The fraction of sp³-hybridized carbons (Fsp3) is 0.500. The summed E-state index contributed by atoms with van der Waals surface area (Å²) in [7, 11) is 1.95. The van der Waals surface area contributed by atoms with Gasteiger partial charge in [0.15, 0.2) is 0 Å². The topological polar surface area (TPSA) is 54.4 Å². The van der Waals surface area contributed by atoms with Gasteiger partial charge in [-0.1, -0.05) is 0 Å². The van der Waals surface area contributed by atoms with E-state index in [1.165, 1.54) is 12.8 Å². The molecule has 19 heavy (non-hydrogen) atoms. The van der Waals surface area contributed by atoms with Gasteiger partial charge in [0.25, 0.3) is 6.01 Å². The van der Waals surface area contributed by atoms with Crippen LogP contribution in [0, 0.1) is 6.92 Å². The van der Waals surface area contributed by atoms with Gasteiger partial charge in [0.2, 0.25) is 0 Å². The molecule has 1 aliphatic carbocycles. The Labute approximate surface area is 112 Å². The zero-order valence-electron chi connectivity index (χ0n) is 11.3. The summed E-state index contributed by atoms with van der Waals surface area (Å²) >= 11 is 0. The Hall–Kier alpha value is -1.75. The molecule has 0 atom stereocenters. The molecule has 0 aromatic carbocycles. The van der Waals surface area contributed by atoms with Crippen LogP contribution >= 0.6 is 0 Å². The summed E-state index contributed by atoms with van der Waals surface area (Å²) < 4.78 is 11.0. The summed E-state index contributed by atoms with van der Waals surface area (Å²) in [6.45, 7) is 3.38. The third-order valence-electron chi connectivity index (χ3n) is 3.20. The maximum absolute atomic E-state index is 5.55. The highest BCUT2D eigenvalue weighted by atomic mass is 16.4. The third kappa shape index (κ3) is 3.17. The van der Waals surface area contributed by atoms with Gasteiger partial charge in [-0.2, -0.15) is 4.98 Å². The molecular weight excluding hydrogens is 242 g/mol. The second kappa shape index (κ2) is 5.09. The van der Waals surface area contributed by atoms with E-state index in [1.807, 2.05) is 31.0 Å². The van der Waals surface area contributed by atoms with E-state index >= 15 is 0 Å². The first-order valence-corrected chi connectivity index (χ1v) is 6.65. The predicted octanol–water partition coefficient (Wildman–Crippen LogP) is 2.46. The quantitative estimate of drug-likeness (QED) is 0.865. The maximum atomic E-state index is 5.55. The molecule has 0 unspecified atom stereocenters. The first kappa shape index (κ1) is 12.3. The van der Waals surface area contributed by atoms with Crippen molar-refractivity contribution in [2.24, 2.45) is 0 Å². The summed E-state index contributed by atoms with van der Waals surface area (Å²) in [5, 5.41) is 3.42. The summed E-state index contributed by atoms with van der Waals surface area (Å²) in [6.07, 6.45) is 4.28. The molecule has 0 aliphatic heterocycles. The Balaban J connectivity index is 1.57. The highest BCUT2D eigenvalue weighted by Crippen LogP contribution is 2.20. The Morgan fingerprint density at radius 2 is 2.26 bits per heavy atom. The Kier molecular flexibility index (Phi) is 3.29. The van der Waals surface area contributed by atoms with Crippen LogP contribution in [-0.2, 0) is 13.1 Å². The molecule has 0 bridgehead atoms. The van der Waals surface area contributed by atoms with Gasteiger partial charge >= 0.3 is 0 Å². The molecule has 5 nitrogen and oxygen atoms in total. The zero-order chi connectivity index (χ0) is 13.2. The van der Waals surface area contributed by atoms with E-state index in [0.717, 1.165) is 23.8 Å². The summed E-state index contributed by atoms with van der Waals surface area (Å²) in [6, 6.07) is 5.25. The van der Waals surface area contributed by atoms with Crippen LogP contribution in [-0.4, -0.2) is 18.1 Å². The number of nitrogens with zero attached hydrogens (tertiary/aromatic N) is 2. The zero-order valence-corrected chi connectivity index (χ0v) is 11.3. The molecule has 0 amide bonds. The van der Waals surface area contributed by atoms with Crippen molar-refractivity contribution < 1.29 is 8.83 Å². The van der Waals surface area contributed by atoms with Gasteiger partial charge in [-0.3, -0.25) is 0 Å². The first-order valence-electron chi connectivity index (χ1n) is 6.65. The Bertz CT molecular complexity index is 542. The molecule has 5 heteroatoms. The van der Waals surface area contributed by atoms with Crippen molar-refractivity contribution in [2.45, 2.75) is 38.9 Å². The highest BCUT2D eigenvalue weighted by Gasteiger charge is 2.20. The minimum atomic E-state index is 0.627. The molecule has 1 aliphatic rings. The molecule has 3 rings (SSSR count). The van der Waals surface area contributed by atoms with Gasteiger partial charge < -0.3 is 19.1 Å². The van der Waals surface area contributed by atoms with Crippen LogP contribution in [0.15, 0.2) is 27.2 Å². The SMILES string of the molecule is Cc1ccc(CN(C)c2nc(CNC3CC3)co2)o1. The van der Waals surface area contributed by atoms with Crippen LogP contribution in [0.4, 0.5) is 6.01 Å². The van der Waals surface area contributed by atoms with Crippen LogP contribution in [0.5, 0.6) is 0 Å². The van der Waals surface area contributed by atoms with E-state index in [2.05, 4.69) is 10.3 Å². The third-order valence-corrected chi connectivity index (χ3v) is 3.20. The number of aromatic nitrogens is 1. The van der Waals surface area contributed by atoms with Gasteiger partial charge in [0.1, 0.15) is 17.8 Å². The Morgan fingerprint density at radius 3 is 2.95 bits per heavy atom. The molecule has 2 aromatic heterocycles. The Morgan fingerprint density at radius 1 is 1.42 bits per heavy atom. The van der Waals surface area contributed by atoms with E-state index in [-0.39, 0.29) is 0 Å². The second-order valence-electron chi connectivity index (χ2n) is 5.15. The standard InChI is InChI=1S/C14H19N3O2/c1-10-3-6-13(19-10)8-17(2)14-16-12(9-18-14)7-15-11-4-5-11/h3,6,9,11,15H,4-5,7-8H2,1-2H3. The minimum Gasteiger partial charge on any atom is -0.464 e. The van der Waals surface area contributed by atoms with Gasteiger partial charge in [0.05, 0.1) is 12.2 Å².